The lowest BCUT2D eigenvalue weighted by Crippen LogP contribution is -2.05. The minimum Gasteiger partial charge on any atom is -0.366 e. The number of allylic oxidation sites excluding steroid dienone is 1. The predicted octanol–water partition coefficient (Wildman–Crippen LogP) is 2.66. The molecule has 1 aliphatic rings. The van der Waals surface area contributed by atoms with Crippen LogP contribution in [0.2, 0.25) is 0 Å². The average molecular weight is 223 g/mol. The predicted molar refractivity (Wildman–Crippen MR) is 68.5 cm³/mol. The number of anilines is 1. The van der Waals surface area contributed by atoms with Gasteiger partial charge in [0.15, 0.2) is 0 Å². The van der Waals surface area contributed by atoms with E-state index in [1.807, 2.05) is 24.3 Å². The molecule has 17 heavy (non-hydrogen) atoms. The van der Waals surface area contributed by atoms with Crippen LogP contribution in [-0.4, -0.2) is 9.97 Å². The Hall–Kier alpha value is -2.16. The van der Waals surface area contributed by atoms with Crippen molar-refractivity contribution in [3.8, 4) is 0 Å². The van der Waals surface area contributed by atoms with E-state index in [0.717, 1.165) is 24.5 Å². The third-order valence-electron chi connectivity index (χ3n) is 2.88. The molecule has 1 aromatic carbocycles. The molecule has 3 heteroatoms. The summed E-state index contributed by atoms with van der Waals surface area (Å²) in [6, 6.07) is 10.3. The van der Waals surface area contributed by atoms with Crippen molar-refractivity contribution in [2.24, 2.45) is 0 Å². The smallest absolute Gasteiger partial charge is 0.133 e. The summed E-state index contributed by atoms with van der Waals surface area (Å²) in [5.74, 6) is 0.948. The quantitative estimate of drug-likeness (QED) is 0.869. The SMILES string of the molecule is C1=Cc2ncnc(NCc3ccccc3)c2C1. The third kappa shape index (κ3) is 2.04. The Bertz CT molecular complexity index is 547. The molecule has 1 heterocycles. The van der Waals surface area contributed by atoms with Crippen molar-refractivity contribution >= 4 is 11.9 Å². The minimum absolute atomic E-state index is 0.796. The number of hydrogen-bond donors (Lipinski definition) is 1. The molecule has 2 aromatic rings. The second-order valence-corrected chi connectivity index (χ2v) is 4.03. The van der Waals surface area contributed by atoms with Crippen molar-refractivity contribution in [1.29, 1.82) is 0 Å². The molecule has 0 bridgehead atoms. The van der Waals surface area contributed by atoms with Gasteiger partial charge in [-0.3, -0.25) is 0 Å². The van der Waals surface area contributed by atoms with Crippen LogP contribution in [0, 0.1) is 0 Å². The Kier molecular flexibility index (Phi) is 2.58. The Morgan fingerprint density at radius 3 is 2.88 bits per heavy atom. The molecule has 0 spiro atoms. The largest absolute Gasteiger partial charge is 0.366 e. The zero-order chi connectivity index (χ0) is 11.5. The normalized spacial score (nSPS) is 12.5. The van der Waals surface area contributed by atoms with Crippen molar-refractivity contribution in [1.82, 2.24) is 9.97 Å². The summed E-state index contributed by atoms with van der Waals surface area (Å²) in [6.45, 7) is 0.796. The van der Waals surface area contributed by atoms with Crippen LogP contribution in [0.4, 0.5) is 5.82 Å². The molecule has 0 saturated heterocycles. The molecule has 0 radical (unpaired) electrons. The first-order chi connectivity index (χ1) is 8.43. The maximum Gasteiger partial charge on any atom is 0.133 e. The van der Waals surface area contributed by atoms with Crippen LogP contribution in [0.15, 0.2) is 42.7 Å². The van der Waals surface area contributed by atoms with Gasteiger partial charge in [-0.1, -0.05) is 36.4 Å². The molecule has 3 nitrogen and oxygen atoms in total. The van der Waals surface area contributed by atoms with Crippen molar-refractivity contribution in [2.45, 2.75) is 13.0 Å². The lowest BCUT2D eigenvalue weighted by molar-refractivity contribution is 1.04. The number of rotatable bonds is 3. The van der Waals surface area contributed by atoms with Crippen LogP contribution >= 0.6 is 0 Å². The average Bonchev–Trinajstić information content (AvgIpc) is 2.86. The molecular formula is C14H13N3. The lowest BCUT2D eigenvalue weighted by atomic mass is 10.2. The van der Waals surface area contributed by atoms with Crippen LogP contribution in [0.5, 0.6) is 0 Å². The first kappa shape index (κ1) is 10.0. The highest BCUT2D eigenvalue weighted by Crippen LogP contribution is 2.23. The van der Waals surface area contributed by atoms with Crippen LogP contribution in [0.1, 0.15) is 16.8 Å². The second-order valence-electron chi connectivity index (χ2n) is 4.03. The number of nitrogens with zero attached hydrogens (tertiary/aromatic N) is 2. The van der Waals surface area contributed by atoms with Gasteiger partial charge in [-0.25, -0.2) is 9.97 Å². The summed E-state index contributed by atoms with van der Waals surface area (Å²) in [4.78, 5) is 8.54. The van der Waals surface area contributed by atoms with E-state index in [0.29, 0.717) is 0 Å². The Morgan fingerprint density at radius 1 is 1.12 bits per heavy atom. The maximum atomic E-state index is 4.30. The Morgan fingerprint density at radius 2 is 2.00 bits per heavy atom. The highest BCUT2D eigenvalue weighted by molar-refractivity contribution is 5.63. The van der Waals surface area contributed by atoms with Crippen molar-refractivity contribution in [3.63, 3.8) is 0 Å². The van der Waals surface area contributed by atoms with Gasteiger partial charge in [0.2, 0.25) is 0 Å². The fraction of sp³-hybridized carbons (Fsp3) is 0.143. The van der Waals surface area contributed by atoms with Gasteiger partial charge in [0, 0.05) is 12.1 Å². The van der Waals surface area contributed by atoms with E-state index in [1.54, 1.807) is 6.33 Å². The number of fused-ring (bicyclic) bond motifs is 1. The molecule has 84 valence electrons. The second kappa shape index (κ2) is 4.37. The fourth-order valence-electron chi connectivity index (χ4n) is 1.99. The molecule has 1 aromatic heterocycles. The maximum absolute atomic E-state index is 4.30. The summed E-state index contributed by atoms with van der Waals surface area (Å²) < 4.78 is 0. The number of benzene rings is 1. The van der Waals surface area contributed by atoms with Crippen LogP contribution in [0.25, 0.3) is 6.08 Å². The van der Waals surface area contributed by atoms with Gasteiger partial charge < -0.3 is 5.32 Å². The van der Waals surface area contributed by atoms with E-state index in [-0.39, 0.29) is 0 Å². The van der Waals surface area contributed by atoms with Crippen LogP contribution in [-0.2, 0) is 13.0 Å². The van der Waals surface area contributed by atoms with Crippen molar-refractivity contribution < 1.29 is 0 Å². The fourth-order valence-corrected chi connectivity index (χ4v) is 1.99. The minimum atomic E-state index is 0.796. The van der Waals surface area contributed by atoms with Gasteiger partial charge in [0.05, 0.1) is 5.69 Å². The highest BCUT2D eigenvalue weighted by Gasteiger charge is 2.11. The summed E-state index contributed by atoms with van der Waals surface area (Å²) in [5, 5.41) is 3.37. The first-order valence-electron chi connectivity index (χ1n) is 5.72. The Balaban J connectivity index is 1.77. The molecule has 0 saturated carbocycles. The summed E-state index contributed by atoms with van der Waals surface area (Å²) >= 11 is 0. The molecule has 0 aliphatic heterocycles. The van der Waals surface area contributed by atoms with Gasteiger partial charge >= 0.3 is 0 Å². The lowest BCUT2D eigenvalue weighted by Gasteiger charge is -2.09. The number of aromatic nitrogens is 2. The Labute approximate surface area is 100 Å². The highest BCUT2D eigenvalue weighted by atomic mass is 15.0. The van der Waals surface area contributed by atoms with Crippen LogP contribution in [0.3, 0.4) is 0 Å². The van der Waals surface area contributed by atoms with Crippen LogP contribution < -0.4 is 5.32 Å². The van der Waals surface area contributed by atoms with E-state index in [4.69, 9.17) is 0 Å². The van der Waals surface area contributed by atoms with Crippen molar-refractivity contribution in [2.75, 3.05) is 5.32 Å². The number of nitrogens with one attached hydrogen (secondary N) is 1. The van der Waals surface area contributed by atoms with E-state index in [1.165, 1.54) is 11.1 Å². The van der Waals surface area contributed by atoms with Gasteiger partial charge in [-0.05, 0) is 18.1 Å². The third-order valence-corrected chi connectivity index (χ3v) is 2.88. The topological polar surface area (TPSA) is 37.8 Å². The van der Waals surface area contributed by atoms with Gasteiger partial charge in [0.1, 0.15) is 12.1 Å². The summed E-state index contributed by atoms with van der Waals surface area (Å²) in [6.07, 6.45) is 6.70. The molecule has 0 amide bonds. The summed E-state index contributed by atoms with van der Waals surface area (Å²) in [7, 11) is 0. The zero-order valence-electron chi connectivity index (χ0n) is 9.43. The molecule has 0 fully saturated rings. The molecule has 3 rings (SSSR count). The first-order valence-corrected chi connectivity index (χ1v) is 5.72. The van der Waals surface area contributed by atoms with Gasteiger partial charge in [-0.2, -0.15) is 0 Å². The molecule has 1 aliphatic carbocycles. The zero-order valence-corrected chi connectivity index (χ0v) is 9.43. The van der Waals surface area contributed by atoms with E-state index >= 15 is 0 Å². The molecule has 0 atom stereocenters. The monoisotopic (exact) mass is 223 g/mol. The van der Waals surface area contributed by atoms with Gasteiger partial charge in [0.25, 0.3) is 0 Å². The van der Waals surface area contributed by atoms with Gasteiger partial charge in [-0.15, -0.1) is 0 Å². The molecule has 1 N–H and O–H groups in total. The molecule has 0 unspecified atom stereocenters. The number of hydrogen-bond acceptors (Lipinski definition) is 3. The van der Waals surface area contributed by atoms with Crippen molar-refractivity contribution in [3.05, 3.63) is 59.6 Å². The van der Waals surface area contributed by atoms with E-state index < -0.39 is 0 Å². The summed E-state index contributed by atoms with van der Waals surface area (Å²) in [5.41, 5.74) is 3.49. The standard InChI is InChI=1S/C14H13N3/c1-2-5-11(6-3-1)9-15-14-12-7-4-8-13(12)16-10-17-14/h1-6,8,10H,7,9H2,(H,15,16,17). The molecular weight excluding hydrogens is 210 g/mol. The van der Waals surface area contributed by atoms with E-state index in [9.17, 15) is 0 Å². The van der Waals surface area contributed by atoms with E-state index in [2.05, 4.69) is 33.5 Å².